The van der Waals surface area contributed by atoms with Crippen molar-refractivity contribution in [3.63, 3.8) is 0 Å². The molecule has 2 aromatic rings. The summed E-state index contributed by atoms with van der Waals surface area (Å²) in [4.78, 5) is 18.6. The van der Waals surface area contributed by atoms with E-state index in [0.29, 0.717) is 18.9 Å². The Labute approximate surface area is 143 Å². The number of imidazole rings is 1. The summed E-state index contributed by atoms with van der Waals surface area (Å²) >= 11 is 0. The highest BCUT2D eigenvalue weighted by Gasteiger charge is 2.26. The van der Waals surface area contributed by atoms with Gasteiger partial charge in [0.2, 0.25) is 5.91 Å². The molecule has 128 valence electrons. The maximum absolute atomic E-state index is 12.1. The molecule has 0 spiro atoms. The van der Waals surface area contributed by atoms with Gasteiger partial charge in [0.15, 0.2) is 0 Å². The molecule has 1 aromatic heterocycles. The van der Waals surface area contributed by atoms with Crippen LogP contribution < -0.4 is 0 Å². The zero-order valence-electron chi connectivity index (χ0n) is 14.2. The Morgan fingerprint density at radius 2 is 2.00 bits per heavy atom. The third-order valence-corrected chi connectivity index (χ3v) is 4.68. The monoisotopic (exact) mass is 327 g/mol. The van der Waals surface area contributed by atoms with E-state index in [4.69, 9.17) is 4.74 Å². The lowest BCUT2D eigenvalue weighted by atomic mass is 9.95. The van der Waals surface area contributed by atoms with Gasteiger partial charge in [-0.15, -0.1) is 0 Å². The quantitative estimate of drug-likeness (QED) is 0.819. The topological polar surface area (TPSA) is 47.4 Å². The average molecular weight is 327 g/mol. The van der Waals surface area contributed by atoms with E-state index in [1.165, 1.54) is 5.56 Å². The van der Waals surface area contributed by atoms with Gasteiger partial charge >= 0.3 is 0 Å². The van der Waals surface area contributed by atoms with Crippen molar-refractivity contribution < 1.29 is 9.53 Å². The van der Waals surface area contributed by atoms with E-state index in [-0.39, 0.29) is 5.91 Å². The van der Waals surface area contributed by atoms with Crippen molar-refractivity contribution in [1.29, 1.82) is 0 Å². The minimum atomic E-state index is 0.197. The van der Waals surface area contributed by atoms with Crippen molar-refractivity contribution in [3.8, 4) is 0 Å². The number of likely N-dealkylation sites (tertiary alicyclic amines) is 1. The molecule has 0 radical (unpaired) electrons. The largest absolute Gasteiger partial charge is 0.384 e. The van der Waals surface area contributed by atoms with E-state index >= 15 is 0 Å². The van der Waals surface area contributed by atoms with E-state index in [0.717, 1.165) is 38.3 Å². The third kappa shape index (κ3) is 4.03. The van der Waals surface area contributed by atoms with E-state index in [9.17, 15) is 4.79 Å². The summed E-state index contributed by atoms with van der Waals surface area (Å²) in [5, 5.41) is 0. The van der Waals surface area contributed by atoms with Gasteiger partial charge < -0.3 is 14.2 Å². The van der Waals surface area contributed by atoms with Crippen molar-refractivity contribution in [2.24, 2.45) is 0 Å². The average Bonchev–Trinajstić information content (AvgIpc) is 3.09. The predicted octanol–water partition coefficient (Wildman–Crippen LogP) is 2.67. The fraction of sp³-hybridized carbons (Fsp3) is 0.474. The molecule has 0 aliphatic carbocycles. The first-order valence-corrected chi connectivity index (χ1v) is 8.59. The molecule has 0 unspecified atom stereocenters. The highest BCUT2D eigenvalue weighted by molar-refractivity contribution is 5.76. The van der Waals surface area contributed by atoms with E-state index in [2.05, 4.69) is 40.0 Å². The summed E-state index contributed by atoms with van der Waals surface area (Å²) in [6.45, 7) is 2.97. The van der Waals surface area contributed by atoms with Crippen LogP contribution in [0.5, 0.6) is 0 Å². The zero-order valence-corrected chi connectivity index (χ0v) is 14.2. The lowest BCUT2D eigenvalue weighted by Crippen LogP contribution is -2.38. The second-order valence-electron chi connectivity index (χ2n) is 6.30. The molecule has 1 aromatic carbocycles. The van der Waals surface area contributed by atoms with Crippen LogP contribution in [0.25, 0.3) is 0 Å². The van der Waals surface area contributed by atoms with Gasteiger partial charge in [-0.2, -0.15) is 0 Å². The SMILES string of the molecule is COCCC(=O)N1CCC(c2nccn2Cc2ccccc2)CC1. The molecule has 1 saturated heterocycles. The normalized spacial score (nSPS) is 15.6. The van der Waals surface area contributed by atoms with Gasteiger partial charge in [-0.25, -0.2) is 4.98 Å². The van der Waals surface area contributed by atoms with Crippen LogP contribution in [0.4, 0.5) is 0 Å². The van der Waals surface area contributed by atoms with E-state index < -0.39 is 0 Å². The number of aromatic nitrogens is 2. The lowest BCUT2D eigenvalue weighted by Gasteiger charge is -2.32. The molecule has 1 fully saturated rings. The number of methoxy groups -OCH3 is 1. The number of nitrogens with zero attached hydrogens (tertiary/aromatic N) is 3. The Morgan fingerprint density at radius 1 is 1.25 bits per heavy atom. The molecular formula is C19H25N3O2. The number of benzene rings is 1. The summed E-state index contributed by atoms with van der Waals surface area (Å²) < 4.78 is 7.23. The highest BCUT2D eigenvalue weighted by atomic mass is 16.5. The van der Waals surface area contributed by atoms with Crippen molar-refractivity contribution in [2.75, 3.05) is 26.8 Å². The van der Waals surface area contributed by atoms with Gasteiger partial charge in [0.1, 0.15) is 5.82 Å². The molecule has 1 aliphatic heterocycles. The maximum atomic E-state index is 12.1. The number of hydrogen-bond donors (Lipinski definition) is 0. The van der Waals surface area contributed by atoms with Gasteiger partial charge in [0, 0.05) is 45.1 Å². The third-order valence-electron chi connectivity index (χ3n) is 4.68. The molecule has 0 bridgehead atoms. The van der Waals surface area contributed by atoms with Crippen LogP contribution in [0.1, 0.15) is 36.6 Å². The highest BCUT2D eigenvalue weighted by Crippen LogP contribution is 2.27. The second-order valence-corrected chi connectivity index (χ2v) is 6.30. The zero-order chi connectivity index (χ0) is 16.8. The fourth-order valence-corrected chi connectivity index (χ4v) is 3.33. The summed E-state index contributed by atoms with van der Waals surface area (Å²) in [5.74, 6) is 1.76. The summed E-state index contributed by atoms with van der Waals surface area (Å²) in [6, 6.07) is 10.4. The first-order valence-electron chi connectivity index (χ1n) is 8.59. The van der Waals surface area contributed by atoms with Crippen molar-refractivity contribution in [2.45, 2.75) is 31.7 Å². The molecule has 0 saturated carbocycles. The first kappa shape index (κ1) is 16.7. The Balaban J connectivity index is 1.59. The summed E-state index contributed by atoms with van der Waals surface area (Å²) in [7, 11) is 1.63. The smallest absolute Gasteiger partial charge is 0.224 e. The first-order chi connectivity index (χ1) is 11.8. The molecule has 5 nitrogen and oxygen atoms in total. The molecule has 5 heteroatoms. The van der Waals surface area contributed by atoms with Crippen LogP contribution >= 0.6 is 0 Å². The molecule has 3 rings (SSSR count). The Morgan fingerprint density at radius 3 is 2.71 bits per heavy atom. The minimum Gasteiger partial charge on any atom is -0.384 e. The van der Waals surface area contributed by atoms with E-state index in [1.807, 2.05) is 17.2 Å². The molecule has 0 atom stereocenters. The number of rotatable bonds is 6. The van der Waals surface area contributed by atoms with E-state index in [1.54, 1.807) is 7.11 Å². The number of carbonyl (C=O) groups is 1. The number of piperidine rings is 1. The predicted molar refractivity (Wildman–Crippen MR) is 92.8 cm³/mol. The van der Waals surface area contributed by atoms with Gasteiger partial charge in [-0.3, -0.25) is 4.79 Å². The molecular weight excluding hydrogens is 302 g/mol. The van der Waals surface area contributed by atoms with Gasteiger partial charge in [0.25, 0.3) is 0 Å². The Bertz CT molecular complexity index is 646. The van der Waals surface area contributed by atoms with Crippen LogP contribution in [0.15, 0.2) is 42.7 Å². The van der Waals surface area contributed by atoms with Gasteiger partial charge in [-0.1, -0.05) is 30.3 Å². The number of hydrogen-bond acceptors (Lipinski definition) is 3. The van der Waals surface area contributed by atoms with Crippen LogP contribution in [-0.4, -0.2) is 47.2 Å². The van der Waals surface area contributed by atoms with Crippen LogP contribution in [0.2, 0.25) is 0 Å². The molecule has 2 heterocycles. The van der Waals surface area contributed by atoms with Crippen molar-refractivity contribution in [1.82, 2.24) is 14.5 Å². The maximum Gasteiger partial charge on any atom is 0.224 e. The second kappa shape index (κ2) is 8.11. The number of carbonyl (C=O) groups excluding carboxylic acids is 1. The molecule has 24 heavy (non-hydrogen) atoms. The fourth-order valence-electron chi connectivity index (χ4n) is 3.33. The van der Waals surface area contributed by atoms with Crippen LogP contribution in [-0.2, 0) is 16.1 Å². The molecule has 0 N–H and O–H groups in total. The molecule has 1 aliphatic rings. The van der Waals surface area contributed by atoms with Crippen LogP contribution in [0, 0.1) is 0 Å². The van der Waals surface area contributed by atoms with Gasteiger partial charge in [0.05, 0.1) is 13.0 Å². The van der Waals surface area contributed by atoms with Gasteiger partial charge in [-0.05, 0) is 18.4 Å². The summed E-state index contributed by atoms with van der Waals surface area (Å²) in [5.41, 5.74) is 1.28. The standard InChI is InChI=1S/C19H25N3O2/c1-24-14-9-18(23)21-11-7-17(8-12-21)19-20-10-13-22(19)15-16-5-3-2-4-6-16/h2-6,10,13,17H,7-9,11-12,14-15H2,1H3. The Hall–Kier alpha value is -2.14. The number of ether oxygens (including phenoxy) is 1. The van der Waals surface area contributed by atoms with Crippen LogP contribution in [0.3, 0.4) is 0 Å². The lowest BCUT2D eigenvalue weighted by molar-refractivity contribution is -0.133. The molecule has 1 amide bonds. The van der Waals surface area contributed by atoms with Crippen molar-refractivity contribution in [3.05, 3.63) is 54.1 Å². The summed E-state index contributed by atoms with van der Waals surface area (Å²) in [6.07, 6.45) is 6.37. The Kier molecular flexibility index (Phi) is 5.64. The minimum absolute atomic E-state index is 0.197. The van der Waals surface area contributed by atoms with Crippen molar-refractivity contribution >= 4 is 5.91 Å². The number of amides is 1.